The zero-order valence-electron chi connectivity index (χ0n) is 11.6. The normalized spacial score (nSPS) is 19.6. The van der Waals surface area contributed by atoms with Crippen molar-refractivity contribution in [2.75, 3.05) is 5.75 Å². The van der Waals surface area contributed by atoms with Gasteiger partial charge in [-0.3, -0.25) is 9.59 Å². The van der Waals surface area contributed by atoms with E-state index in [1.165, 1.54) is 0 Å². The third kappa shape index (κ3) is 3.12. The van der Waals surface area contributed by atoms with Gasteiger partial charge in [0.2, 0.25) is 5.91 Å². The van der Waals surface area contributed by atoms with Crippen LogP contribution in [0.2, 0.25) is 0 Å². The Kier molecular flexibility index (Phi) is 4.32. The van der Waals surface area contributed by atoms with Gasteiger partial charge in [0, 0.05) is 5.75 Å². The quantitative estimate of drug-likeness (QED) is 0.900. The SMILES string of the molecule is Cc1cc(C(C)NC(=O)C2CSC(=O)N2)cc(C)c1F. The minimum atomic E-state index is -0.488. The highest BCUT2D eigenvalue weighted by molar-refractivity contribution is 8.14. The zero-order valence-corrected chi connectivity index (χ0v) is 12.4. The van der Waals surface area contributed by atoms with Gasteiger partial charge >= 0.3 is 0 Å². The second-order valence-corrected chi connectivity index (χ2v) is 5.99. The van der Waals surface area contributed by atoms with E-state index >= 15 is 0 Å². The van der Waals surface area contributed by atoms with E-state index in [0.29, 0.717) is 16.9 Å². The number of nitrogens with one attached hydrogen (secondary N) is 2. The molecule has 1 aromatic carbocycles. The number of thioether (sulfide) groups is 1. The van der Waals surface area contributed by atoms with Crippen LogP contribution in [0.25, 0.3) is 0 Å². The summed E-state index contributed by atoms with van der Waals surface area (Å²) >= 11 is 1.10. The van der Waals surface area contributed by atoms with Gasteiger partial charge in [-0.2, -0.15) is 0 Å². The number of rotatable bonds is 3. The van der Waals surface area contributed by atoms with Gasteiger partial charge in [0.05, 0.1) is 6.04 Å². The van der Waals surface area contributed by atoms with Crippen LogP contribution in [0.3, 0.4) is 0 Å². The molecule has 1 aromatic rings. The number of halogens is 1. The maximum absolute atomic E-state index is 13.6. The second kappa shape index (κ2) is 5.83. The topological polar surface area (TPSA) is 58.2 Å². The highest BCUT2D eigenvalue weighted by Crippen LogP contribution is 2.21. The molecular weight excluding hydrogens is 279 g/mol. The van der Waals surface area contributed by atoms with E-state index in [2.05, 4.69) is 10.6 Å². The number of hydrogen-bond acceptors (Lipinski definition) is 3. The minimum absolute atomic E-state index is 0.175. The average molecular weight is 296 g/mol. The number of benzene rings is 1. The smallest absolute Gasteiger partial charge is 0.279 e. The Morgan fingerprint density at radius 2 is 2.05 bits per heavy atom. The fourth-order valence-electron chi connectivity index (χ4n) is 2.15. The molecule has 2 unspecified atom stereocenters. The van der Waals surface area contributed by atoms with E-state index in [0.717, 1.165) is 17.3 Å². The van der Waals surface area contributed by atoms with Crippen LogP contribution in [0.1, 0.15) is 29.7 Å². The molecule has 2 atom stereocenters. The van der Waals surface area contributed by atoms with Crippen LogP contribution in [-0.2, 0) is 4.79 Å². The maximum Gasteiger partial charge on any atom is 0.279 e. The molecule has 0 aromatic heterocycles. The van der Waals surface area contributed by atoms with Crippen molar-refractivity contribution in [3.05, 3.63) is 34.6 Å². The third-order valence-electron chi connectivity index (χ3n) is 3.31. The van der Waals surface area contributed by atoms with Gasteiger partial charge in [0.15, 0.2) is 0 Å². The van der Waals surface area contributed by atoms with E-state index in [1.54, 1.807) is 26.0 Å². The first kappa shape index (κ1) is 14.8. The number of carbonyl (C=O) groups excluding carboxylic acids is 2. The van der Waals surface area contributed by atoms with Crippen molar-refractivity contribution in [1.29, 1.82) is 0 Å². The molecule has 0 spiro atoms. The molecule has 0 saturated carbocycles. The fourth-order valence-corrected chi connectivity index (χ4v) is 2.93. The molecule has 0 aliphatic carbocycles. The first-order chi connectivity index (χ1) is 9.38. The molecule has 0 bridgehead atoms. The van der Waals surface area contributed by atoms with E-state index in [1.807, 2.05) is 6.92 Å². The van der Waals surface area contributed by atoms with Gasteiger partial charge in [-0.25, -0.2) is 4.39 Å². The summed E-state index contributed by atoms with van der Waals surface area (Å²) in [5, 5.41) is 5.26. The molecule has 1 aliphatic rings. The van der Waals surface area contributed by atoms with E-state index < -0.39 is 6.04 Å². The molecule has 2 amide bonds. The largest absolute Gasteiger partial charge is 0.348 e. The lowest BCUT2D eigenvalue weighted by Gasteiger charge is -2.18. The second-order valence-electron chi connectivity index (χ2n) is 4.99. The standard InChI is InChI=1S/C14H17FN2O2S/c1-7-4-10(5-8(2)12(7)15)9(3)16-13(18)11-6-20-14(19)17-11/h4-5,9,11H,6H2,1-3H3,(H,16,18)(H,17,19). The summed E-state index contributed by atoms with van der Waals surface area (Å²) in [7, 11) is 0. The van der Waals surface area contributed by atoms with Gasteiger partial charge in [0.25, 0.3) is 5.24 Å². The molecule has 0 radical (unpaired) electrons. The van der Waals surface area contributed by atoms with E-state index in [-0.39, 0.29) is 23.0 Å². The molecule has 1 fully saturated rings. The molecule has 2 N–H and O–H groups in total. The van der Waals surface area contributed by atoms with Crippen LogP contribution in [0.5, 0.6) is 0 Å². The van der Waals surface area contributed by atoms with Crippen LogP contribution in [0.15, 0.2) is 12.1 Å². The zero-order chi connectivity index (χ0) is 14.9. The highest BCUT2D eigenvalue weighted by Gasteiger charge is 2.28. The first-order valence-electron chi connectivity index (χ1n) is 6.39. The summed E-state index contributed by atoms with van der Waals surface area (Å²) in [6, 6.07) is 2.74. The maximum atomic E-state index is 13.6. The number of hydrogen-bond donors (Lipinski definition) is 2. The predicted octanol–water partition coefficient (Wildman–Crippen LogP) is 2.44. The fraction of sp³-hybridized carbons (Fsp3) is 0.429. The summed E-state index contributed by atoms with van der Waals surface area (Å²) in [4.78, 5) is 23.1. The van der Waals surface area contributed by atoms with Crippen molar-refractivity contribution in [2.24, 2.45) is 0 Å². The molecular formula is C14H17FN2O2S. The average Bonchev–Trinajstić information content (AvgIpc) is 2.82. The Bertz CT molecular complexity index is 539. The minimum Gasteiger partial charge on any atom is -0.348 e. The van der Waals surface area contributed by atoms with Crippen molar-refractivity contribution in [2.45, 2.75) is 32.9 Å². The summed E-state index contributed by atoms with van der Waals surface area (Å²) in [6.45, 7) is 5.25. The summed E-state index contributed by atoms with van der Waals surface area (Å²) in [5.41, 5.74) is 1.98. The monoisotopic (exact) mass is 296 g/mol. The van der Waals surface area contributed by atoms with Crippen LogP contribution in [0.4, 0.5) is 9.18 Å². The Labute approximate surface area is 121 Å². The predicted molar refractivity (Wildman–Crippen MR) is 77.2 cm³/mol. The van der Waals surface area contributed by atoms with Gasteiger partial charge in [-0.1, -0.05) is 23.9 Å². The number of amides is 2. The molecule has 1 heterocycles. The Hall–Kier alpha value is -1.56. The van der Waals surface area contributed by atoms with E-state index in [9.17, 15) is 14.0 Å². The van der Waals surface area contributed by atoms with Crippen molar-refractivity contribution >= 4 is 22.9 Å². The molecule has 2 rings (SSSR count). The first-order valence-corrected chi connectivity index (χ1v) is 7.37. The van der Waals surface area contributed by atoms with Gasteiger partial charge in [-0.05, 0) is 37.5 Å². The highest BCUT2D eigenvalue weighted by atomic mass is 32.2. The lowest BCUT2D eigenvalue weighted by Crippen LogP contribution is -2.43. The lowest BCUT2D eigenvalue weighted by atomic mass is 10.0. The molecule has 6 heteroatoms. The molecule has 20 heavy (non-hydrogen) atoms. The van der Waals surface area contributed by atoms with Crippen molar-refractivity contribution in [3.8, 4) is 0 Å². The van der Waals surface area contributed by atoms with Crippen LogP contribution in [-0.4, -0.2) is 22.9 Å². The van der Waals surface area contributed by atoms with E-state index in [4.69, 9.17) is 0 Å². The van der Waals surface area contributed by atoms with Crippen LogP contribution in [0, 0.1) is 19.7 Å². The van der Waals surface area contributed by atoms with Gasteiger partial charge in [-0.15, -0.1) is 0 Å². The molecule has 1 saturated heterocycles. The van der Waals surface area contributed by atoms with Crippen molar-refractivity contribution in [3.63, 3.8) is 0 Å². The van der Waals surface area contributed by atoms with Gasteiger partial charge < -0.3 is 10.6 Å². The molecule has 1 aliphatic heterocycles. The van der Waals surface area contributed by atoms with Crippen molar-refractivity contribution in [1.82, 2.24) is 10.6 Å². The Morgan fingerprint density at radius 1 is 1.45 bits per heavy atom. The van der Waals surface area contributed by atoms with Crippen LogP contribution < -0.4 is 10.6 Å². The molecule has 108 valence electrons. The Morgan fingerprint density at radius 3 is 2.55 bits per heavy atom. The number of aryl methyl sites for hydroxylation is 2. The van der Waals surface area contributed by atoms with Crippen LogP contribution >= 0.6 is 11.8 Å². The lowest BCUT2D eigenvalue weighted by molar-refractivity contribution is -0.122. The van der Waals surface area contributed by atoms with Gasteiger partial charge in [0.1, 0.15) is 11.9 Å². The summed E-state index contributed by atoms with van der Waals surface area (Å²) < 4.78 is 13.6. The summed E-state index contributed by atoms with van der Waals surface area (Å²) in [5.74, 6) is 0.0148. The molecule has 4 nitrogen and oxygen atoms in total. The summed E-state index contributed by atoms with van der Waals surface area (Å²) in [6.07, 6.45) is 0. The van der Waals surface area contributed by atoms with Crippen molar-refractivity contribution < 1.29 is 14.0 Å². The Balaban J connectivity index is 2.06. The number of carbonyl (C=O) groups is 2. The third-order valence-corrected chi connectivity index (χ3v) is 4.19.